The zero-order valence-electron chi connectivity index (χ0n) is 11.0. The fourth-order valence-electron chi connectivity index (χ4n) is 2.04. The van der Waals surface area contributed by atoms with Crippen molar-refractivity contribution in [2.45, 2.75) is 6.92 Å². The molecule has 0 unspecified atom stereocenters. The number of carbonyl (C=O) groups is 1. The van der Waals surface area contributed by atoms with E-state index in [1.807, 2.05) is 30.3 Å². The van der Waals surface area contributed by atoms with Crippen LogP contribution in [0.2, 0.25) is 0 Å². The van der Waals surface area contributed by atoms with Gasteiger partial charge in [0.15, 0.2) is 0 Å². The van der Waals surface area contributed by atoms with Crippen LogP contribution < -0.4 is 10.9 Å². The molecule has 0 bridgehead atoms. The van der Waals surface area contributed by atoms with E-state index in [0.717, 1.165) is 17.4 Å². The summed E-state index contributed by atoms with van der Waals surface area (Å²) in [4.78, 5) is 24.6. The van der Waals surface area contributed by atoms with Crippen LogP contribution in [0.15, 0.2) is 40.0 Å². The summed E-state index contributed by atoms with van der Waals surface area (Å²) >= 11 is 6.10. The second kappa shape index (κ2) is 5.34. The highest BCUT2D eigenvalue weighted by molar-refractivity contribution is 8.26. The standard InChI is InChI=1S/C14H11N3O2S2/c1-8-10(7-11-12(18)15-14(20)21-11)13(19)17(16-8)9-5-3-2-4-6-9/h2-7,16H,1H3,(H,15,18,20)/b11-7-. The Balaban J connectivity index is 2.08. The maximum atomic E-state index is 12.5. The Bertz CT molecular complexity index is 818. The smallest absolute Gasteiger partial charge is 0.278 e. The second-order valence-corrected chi connectivity index (χ2v) is 6.20. The first-order valence-electron chi connectivity index (χ1n) is 6.18. The van der Waals surface area contributed by atoms with Crippen molar-refractivity contribution in [1.29, 1.82) is 0 Å². The molecule has 2 N–H and O–H groups in total. The number of aryl methyl sites for hydroxylation is 1. The number of aromatic nitrogens is 2. The number of amides is 1. The summed E-state index contributed by atoms with van der Waals surface area (Å²) in [5.74, 6) is -0.267. The van der Waals surface area contributed by atoms with Crippen molar-refractivity contribution in [1.82, 2.24) is 15.1 Å². The topological polar surface area (TPSA) is 66.9 Å². The highest BCUT2D eigenvalue weighted by Gasteiger charge is 2.23. The molecule has 1 aromatic carbocycles. The van der Waals surface area contributed by atoms with Gasteiger partial charge in [-0.05, 0) is 25.1 Å². The first kappa shape index (κ1) is 13.8. The van der Waals surface area contributed by atoms with E-state index in [9.17, 15) is 9.59 Å². The van der Waals surface area contributed by atoms with Crippen LogP contribution in [-0.4, -0.2) is 20.0 Å². The maximum Gasteiger partial charge on any atom is 0.278 e. The highest BCUT2D eigenvalue weighted by atomic mass is 32.2. The van der Waals surface area contributed by atoms with Crippen molar-refractivity contribution in [3.63, 3.8) is 0 Å². The number of carbonyl (C=O) groups excluding carboxylic acids is 1. The number of para-hydroxylation sites is 1. The van der Waals surface area contributed by atoms with E-state index in [2.05, 4.69) is 10.4 Å². The molecule has 1 amide bonds. The van der Waals surface area contributed by atoms with Gasteiger partial charge in [0.25, 0.3) is 11.5 Å². The summed E-state index contributed by atoms with van der Waals surface area (Å²) in [6.45, 7) is 1.79. The van der Waals surface area contributed by atoms with Crippen LogP contribution in [0.1, 0.15) is 11.3 Å². The molecule has 0 atom stereocenters. The normalized spacial score (nSPS) is 16.5. The van der Waals surface area contributed by atoms with Crippen molar-refractivity contribution in [2.75, 3.05) is 0 Å². The van der Waals surface area contributed by atoms with Gasteiger partial charge in [0, 0.05) is 5.69 Å². The van der Waals surface area contributed by atoms with E-state index >= 15 is 0 Å². The number of benzene rings is 1. The zero-order valence-corrected chi connectivity index (χ0v) is 12.7. The van der Waals surface area contributed by atoms with Gasteiger partial charge in [-0.25, -0.2) is 4.68 Å². The highest BCUT2D eigenvalue weighted by Crippen LogP contribution is 2.25. The number of hydrogen-bond acceptors (Lipinski definition) is 4. The van der Waals surface area contributed by atoms with Crippen LogP contribution in [0.5, 0.6) is 0 Å². The lowest BCUT2D eigenvalue weighted by atomic mass is 10.2. The Hall–Kier alpha value is -2.12. The molecule has 0 aliphatic carbocycles. The third-order valence-corrected chi connectivity index (χ3v) is 4.21. The first-order chi connectivity index (χ1) is 10.1. The number of H-pyrrole nitrogens is 1. The molecule has 3 rings (SSSR count). The molecule has 0 radical (unpaired) electrons. The molecule has 1 fully saturated rings. The third-order valence-electron chi connectivity index (χ3n) is 3.05. The summed E-state index contributed by atoms with van der Waals surface area (Å²) in [7, 11) is 0. The minimum atomic E-state index is -0.267. The van der Waals surface area contributed by atoms with Gasteiger partial charge in [-0.15, -0.1) is 0 Å². The van der Waals surface area contributed by atoms with Crippen molar-refractivity contribution < 1.29 is 4.79 Å². The number of rotatable bonds is 2. The molecule has 1 aromatic heterocycles. The quantitative estimate of drug-likeness (QED) is 0.656. The molecule has 106 valence electrons. The van der Waals surface area contributed by atoms with Gasteiger partial charge in [0.1, 0.15) is 4.32 Å². The second-order valence-electron chi connectivity index (χ2n) is 4.48. The Morgan fingerprint density at radius 1 is 1.24 bits per heavy atom. The predicted octanol–water partition coefficient (Wildman–Crippen LogP) is 1.96. The molecule has 2 aromatic rings. The minimum absolute atomic E-state index is 0.197. The number of nitrogens with zero attached hydrogens (tertiary/aromatic N) is 1. The van der Waals surface area contributed by atoms with Gasteiger partial charge in [-0.2, -0.15) is 0 Å². The van der Waals surface area contributed by atoms with E-state index in [4.69, 9.17) is 12.2 Å². The Labute approximate surface area is 130 Å². The third kappa shape index (κ3) is 2.57. The molecular weight excluding hydrogens is 306 g/mol. The van der Waals surface area contributed by atoms with Gasteiger partial charge in [0.05, 0.1) is 16.2 Å². The Kier molecular flexibility index (Phi) is 3.52. The van der Waals surface area contributed by atoms with Gasteiger partial charge in [0.2, 0.25) is 0 Å². The lowest BCUT2D eigenvalue weighted by Crippen LogP contribution is -2.18. The SMILES string of the molecule is Cc1[nH]n(-c2ccccc2)c(=O)c1/C=C1\SC(=S)NC1=O. The summed E-state index contributed by atoms with van der Waals surface area (Å²) in [6, 6.07) is 9.26. The van der Waals surface area contributed by atoms with Crippen LogP contribution >= 0.6 is 24.0 Å². The molecule has 5 nitrogen and oxygen atoms in total. The Morgan fingerprint density at radius 3 is 2.57 bits per heavy atom. The Morgan fingerprint density at radius 2 is 1.95 bits per heavy atom. The van der Waals surface area contributed by atoms with E-state index in [1.54, 1.807) is 13.0 Å². The summed E-state index contributed by atoms with van der Waals surface area (Å²) in [6.07, 6.45) is 1.58. The molecule has 0 saturated carbocycles. The van der Waals surface area contributed by atoms with Crippen LogP contribution in [-0.2, 0) is 4.79 Å². The van der Waals surface area contributed by atoms with Crippen LogP contribution in [0.3, 0.4) is 0 Å². The van der Waals surface area contributed by atoms with Crippen LogP contribution in [0.4, 0.5) is 0 Å². The number of hydrogen-bond donors (Lipinski definition) is 2. The number of nitrogens with one attached hydrogen (secondary N) is 2. The molecule has 1 saturated heterocycles. The average Bonchev–Trinajstić information content (AvgIpc) is 2.93. The molecule has 21 heavy (non-hydrogen) atoms. The molecule has 2 heterocycles. The van der Waals surface area contributed by atoms with Gasteiger partial charge in [-0.3, -0.25) is 14.7 Å². The van der Waals surface area contributed by atoms with Gasteiger partial charge >= 0.3 is 0 Å². The maximum absolute atomic E-state index is 12.5. The van der Waals surface area contributed by atoms with Gasteiger partial charge in [-0.1, -0.05) is 42.2 Å². The molecule has 0 spiro atoms. The van der Waals surface area contributed by atoms with Crippen molar-refractivity contribution in [2.24, 2.45) is 0 Å². The van der Waals surface area contributed by atoms with Crippen molar-refractivity contribution in [3.8, 4) is 5.69 Å². The van der Waals surface area contributed by atoms with Crippen molar-refractivity contribution in [3.05, 3.63) is 56.8 Å². The van der Waals surface area contributed by atoms with E-state index in [1.165, 1.54) is 4.68 Å². The van der Waals surface area contributed by atoms with E-state index < -0.39 is 0 Å². The first-order valence-corrected chi connectivity index (χ1v) is 7.40. The van der Waals surface area contributed by atoms with Crippen LogP contribution in [0.25, 0.3) is 11.8 Å². The molecule has 7 heteroatoms. The van der Waals surface area contributed by atoms with E-state index in [0.29, 0.717) is 20.5 Å². The lowest BCUT2D eigenvalue weighted by molar-refractivity contribution is -0.115. The monoisotopic (exact) mass is 317 g/mol. The zero-order chi connectivity index (χ0) is 15.0. The van der Waals surface area contributed by atoms with Crippen LogP contribution in [0, 0.1) is 6.92 Å². The number of thiocarbonyl (C=S) groups is 1. The van der Waals surface area contributed by atoms with Gasteiger partial charge < -0.3 is 5.32 Å². The average molecular weight is 317 g/mol. The largest absolute Gasteiger partial charge is 0.307 e. The summed E-state index contributed by atoms with van der Waals surface area (Å²) in [5.41, 5.74) is 1.70. The summed E-state index contributed by atoms with van der Waals surface area (Å²) < 4.78 is 1.86. The minimum Gasteiger partial charge on any atom is -0.307 e. The molecule has 1 aliphatic heterocycles. The number of aromatic amines is 1. The lowest BCUT2D eigenvalue weighted by Gasteiger charge is -1.99. The van der Waals surface area contributed by atoms with Crippen molar-refractivity contribution >= 4 is 40.3 Å². The fourth-order valence-corrected chi connectivity index (χ4v) is 3.07. The predicted molar refractivity (Wildman–Crippen MR) is 87.4 cm³/mol. The molecule has 1 aliphatic rings. The van der Waals surface area contributed by atoms with E-state index in [-0.39, 0.29) is 11.5 Å². The fraction of sp³-hybridized carbons (Fsp3) is 0.0714. The molecular formula is C14H11N3O2S2. The number of thioether (sulfide) groups is 1. The summed E-state index contributed by atoms with van der Waals surface area (Å²) in [5, 5.41) is 5.55.